The van der Waals surface area contributed by atoms with Gasteiger partial charge in [0, 0.05) is 24.4 Å². The summed E-state index contributed by atoms with van der Waals surface area (Å²) in [6.45, 7) is 9.01. The first-order chi connectivity index (χ1) is 13.5. The molecule has 0 radical (unpaired) electrons. The summed E-state index contributed by atoms with van der Waals surface area (Å²) in [7, 11) is 1.88. The molecule has 1 aromatic carbocycles. The summed E-state index contributed by atoms with van der Waals surface area (Å²) in [5.74, 6) is 2.12. The van der Waals surface area contributed by atoms with Crippen LogP contribution in [0.4, 0.5) is 5.95 Å². The third kappa shape index (κ3) is 3.15. The minimum atomic E-state index is 0.526. The number of nitrogens with one attached hydrogen (secondary N) is 1. The van der Waals surface area contributed by atoms with E-state index in [9.17, 15) is 0 Å². The van der Waals surface area contributed by atoms with E-state index in [-0.39, 0.29) is 0 Å². The Kier molecular flexibility index (Phi) is 4.63. The molecule has 0 saturated carbocycles. The lowest BCUT2D eigenvalue weighted by Gasteiger charge is -2.11. The Morgan fingerprint density at radius 1 is 1.14 bits per heavy atom. The quantitative estimate of drug-likeness (QED) is 0.536. The number of imidazole rings is 1. The maximum atomic E-state index is 5.33. The third-order valence-corrected chi connectivity index (χ3v) is 5.14. The topological polar surface area (TPSA) is 68.8 Å². The predicted molar refractivity (Wildman–Crippen MR) is 112 cm³/mol. The average molecular weight is 375 g/mol. The van der Waals surface area contributed by atoms with Crippen LogP contribution in [0.5, 0.6) is 0 Å². The Labute approximate surface area is 164 Å². The van der Waals surface area contributed by atoms with Crippen LogP contribution in [0.3, 0.4) is 0 Å². The number of anilines is 1. The molecule has 6 nitrogen and oxygen atoms in total. The first-order valence-electron chi connectivity index (χ1n) is 9.54. The van der Waals surface area contributed by atoms with E-state index in [1.54, 1.807) is 0 Å². The Morgan fingerprint density at radius 2 is 1.89 bits per heavy atom. The van der Waals surface area contributed by atoms with E-state index >= 15 is 0 Å². The highest BCUT2D eigenvalue weighted by molar-refractivity contribution is 5.81. The zero-order valence-electron chi connectivity index (χ0n) is 16.9. The molecule has 144 valence electrons. The van der Waals surface area contributed by atoms with Crippen LogP contribution in [0.25, 0.3) is 22.3 Å². The third-order valence-electron chi connectivity index (χ3n) is 5.14. The smallest absolute Gasteiger partial charge is 0.205 e. The molecule has 0 saturated heterocycles. The predicted octanol–water partition coefficient (Wildman–Crippen LogP) is 4.92. The second kappa shape index (κ2) is 7.11. The summed E-state index contributed by atoms with van der Waals surface area (Å²) in [6, 6.07) is 10.9. The monoisotopic (exact) mass is 375 g/mol. The van der Waals surface area contributed by atoms with E-state index < -0.39 is 0 Å². The van der Waals surface area contributed by atoms with Gasteiger partial charge in [-0.2, -0.15) is 4.98 Å². The molecule has 4 rings (SSSR count). The molecule has 0 amide bonds. The summed E-state index contributed by atoms with van der Waals surface area (Å²) in [4.78, 5) is 9.23. The number of aryl methyl sites for hydroxylation is 2. The van der Waals surface area contributed by atoms with Crippen LogP contribution in [-0.4, -0.2) is 26.7 Å². The van der Waals surface area contributed by atoms with Gasteiger partial charge in [0.1, 0.15) is 5.76 Å². The molecule has 3 heterocycles. The van der Waals surface area contributed by atoms with Gasteiger partial charge in [-0.1, -0.05) is 43.3 Å². The van der Waals surface area contributed by atoms with E-state index in [0.717, 1.165) is 46.2 Å². The lowest BCUT2D eigenvalue weighted by molar-refractivity contribution is 0.393. The van der Waals surface area contributed by atoms with Gasteiger partial charge in [-0.15, -0.1) is 0 Å². The largest absolute Gasteiger partial charge is 0.361 e. The molecular weight excluding hydrogens is 350 g/mol. The first-order valence-corrected chi connectivity index (χ1v) is 9.54. The Morgan fingerprint density at radius 3 is 2.50 bits per heavy atom. The number of hydrogen-bond donors (Lipinski definition) is 1. The Hall–Kier alpha value is -3.15. The van der Waals surface area contributed by atoms with Crippen molar-refractivity contribution in [2.45, 2.75) is 40.2 Å². The van der Waals surface area contributed by atoms with Crippen molar-refractivity contribution in [3.8, 4) is 11.1 Å². The van der Waals surface area contributed by atoms with Crippen molar-refractivity contribution in [3.05, 3.63) is 59.1 Å². The van der Waals surface area contributed by atoms with Gasteiger partial charge in [0.2, 0.25) is 5.95 Å². The number of fused-ring (bicyclic) bond motifs is 1. The van der Waals surface area contributed by atoms with Gasteiger partial charge in [-0.25, -0.2) is 4.98 Å². The Balaban J connectivity index is 1.79. The molecule has 28 heavy (non-hydrogen) atoms. The highest BCUT2D eigenvalue weighted by Gasteiger charge is 2.16. The van der Waals surface area contributed by atoms with Gasteiger partial charge >= 0.3 is 0 Å². The minimum Gasteiger partial charge on any atom is -0.361 e. The number of benzene rings is 1. The van der Waals surface area contributed by atoms with Gasteiger partial charge < -0.3 is 14.4 Å². The zero-order chi connectivity index (χ0) is 19.8. The van der Waals surface area contributed by atoms with E-state index in [4.69, 9.17) is 4.52 Å². The molecule has 0 fully saturated rings. The second-order valence-electron chi connectivity index (χ2n) is 7.43. The Bertz CT molecular complexity index is 1100. The standard InChI is InChI=1S/C22H25N5O/c1-13(2)17-8-6-16(7-9-17)12-27-19-10-18(20-14(3)26-28-15(20)4)11-24-21(19)25-22(27)23-5/h6-11,13H,12H2,1-5H3,(H,23,24,25). The van der Waals surface area contributed by atoms with Crippen molar-refractivity contribution in [1.82, 2.24) is 19.7 Å². The van der Waals surface area contributed by atoms with Crippen LogP contribution in [0.1, 0.15) is 42.3 Å². The van der Waals surface area contributed by atoms with Gasteiger partial charge in [-0.05, 0) is 37.0 Å². The second-order valence-corrected chi connectivity index (χ2v) is 7.43. The van der Waals surface area contributed by atoms with E-state index in [1.165, 1.54) is 11.1 Å². The molecule has 0 aliphatic heterocycles. The fraction of sp³-hybridized carbons (Fsp3) is 0.318. The molecule has 0 atom stereocenters. The van der Waals surface area contributed by atoms with Crippen molar-refractivity contribution in [1.29, 1.82) is 0 Å². The van der Waals surface area contributed by atoms with E-state index in [2.05, 4.69) is 69.2 Å². The van der Waals surface area contributed by atoms with Crippen LogP contribution in [-0.2, 0) is 6.54 Å². The number of hydrogen-bond acceptors (Lipinski definition) is 5. The van der Waals surface area contributed by atoms with Gasteiger partial charge in [0.05, 0.1) is 17.8 Å². The van der Waals surface area contributed by atoms with E-state index in [1.807, 2.05) is 27.1 Å². The SMILES string of the molecule is CNc1nc2ncc(-c3c(C)noc3C)cc2n1Cc1ccc(C(C)C)cc1. The maximum absolute atomic E-state index is 5.33. The van der Waals surface area contributed by atoms with Gasteiger partial charge in [-0.3, -0.25) is 0 Å². The maximum Gasteiger partial charge on any atom is 0.205 e. The van der Waals surface area contributed by atoms with Crippen LogP contribution >= 0.6 is 0 Å². The van der Waals surface area contributed by atoms with E-state index in [0.29, 0.717) is 5.92 Å². The molecule has 0 aliphatic carbocycles. The minimum absolute atomic E-state index is 0.526. The molecule has 1 N–H and O–H groups in total. The summed E-state index contributed by atoms with van der Waals surface area (Å²) in [5, 5.41) is 7.26. The normalized spacial score (nSPS) is 11.5. The summed E-state index contributed by atoms with van der Waals surface area (Å²) >= 11 is 0. The van der Waals surface area contributed by atoms with Gasteiger partial charge in [0.25, 0.3) is 0 Å². The first kappa shape index (κ1) is 18.2. The number of rotatable bonds is 5. The van der Waals surface area contributed by atoms with Gasteiger partial charge in [0.15, 0.2) is 5.65 Å². The van der Waals surface area contributed by atoms with Crippen molar-refractivity contribution >= 4 is 17.1 Å². The van der Waals surface area contributed by atoms with Crippen molar-refractivity contribution < 1.29 is 4.52 Å². The van der Waals surface area contributed by atoms with Crippen LogP contribution in [0.15, 0.2) is 41.1 Å². The molecule has 3 aromatic heterocycles. The molecule has 4 aromatic rings. The van der Waals surface area contributed by atoms with Crippen LogP contribution in [0, 0.1) is 13.8 Å². The number of pyridine rings is 1. The molecule has 0 unspecified atom stereocenters. The zero-order valence-corrected chi connectivity index (χ0v) is 16.9. The fourth-order valence-corrected chi connectivity index (χ4v) is 3.58. The van der Waals surface area contributed by atoms with Crippen molar-refractivity contribution in [3.63, 3.8) is 0 Å². The lowest BCUT2D eigenvalue weighted by atomic mass is 10.0. The fourth-order valence-electron chi connectivity index (χ4n) is 3.58. The lowest BCUT2D eigenvalue weighted by Crippen LogP contribution is -2.05. The summed E-state index contributed by atoms with van der Waals surface area (Å²) < 4.78 is 7.49. The van der Waals surface area contributed by atoms with Crippen molar-refractivity contribution in [2.75, 3.05) is 12.4 Å². The molecule has 0 spiro atoms. The van der Waals surface area contributed by atoms with Crippen molar-refractivity contribution in [2.24, 2.45) is 0 Å². The summed E-state index contributed by atoms with van der Waals surface area (Å²) in [5.41, 5.74) is 7.12. The summed E-state index contributed by atoms with van der Waals surface area (Å²) in [6.07, 6.45) is 1.84. The number of aromatic nitrogens is 4. The molecular formula is C22H25N5O. The highest BCUT2D eigenvalue weighted by Crippen LogP contribution is 2.30. The molecule has 0 aliphatic rings. The number of nitrogens with zero attached hydrogens (tertiary/aromatic N) is 4. The van der Waals surface area contributed by atoms with Crippen LogP contribution in [0.2, 0.25) is 0 Å². The molecule has 6 heteroatoms. The highest BCUT2D eigenvalue weighted by atomic mass is 16.5. The molecule has 0 bridgehead atoms. The van der Waals surface area contributed by atoms with Crippen LogP contribution < -0.4 is 5.32 Å². The average Bonchev–Trinajstić information content (AvgIpc) is 3.21.